The quantitative estimate of drug-likeness (QED) is 0.774. The van der Waals surface area contributed by atoms with Crippen LogP contribution in [0.25, 0.3) is 0 Å². The van der Waals surface area contributed by atoms with Crippen LogP contribution in [0, 0.1) is 5.92 Å². The average molecular weight is 313 g/mol. The molecular formula is C16H25ClN2O2. The van der Waals surface area contributed by atoms with E-state index in [4.69, 9.17) is 22.1 Å². The number of ether oxygens (including phenoxy) is 1. The van der Waals surface area contributed by atoms with Crippen molar-refractivity contribution < 1.29 is 9.53 Å². The number of methoxy groups -OCH3 is 1. The van der Waals surface area contributed by atoms with Crippen molar-refractivity contribution in [3.05, 3.63) is 28.8 Å². The minimum Gasteiger partial charge on any atom is -0.496 e. The molecule has 0 aromatic heterocycles. The molecule has 0 heterocycles. The van der Waals surface area contributed by atoms with Gasteiger partial charge >= 0.3 is 0 Å². The van der Waals surface area contributed by atoms with Crippen molar-refractivity contribution in [3.63, 3.8) is 0 Å². The van der Waals surface area contributed by atoms with E-state index in [0.717, 1.165) is 17.7 Å². The van der Waals surface area contributed by atoms with Gasteiger partial charge in [-0.1, -0.05) is 25.4 Å². The van der Waals surface area contributed by atoms with Gasteiger partial charge in [-0.15, -0.1) is 0 Å². The van der Waals surface area contributed by atoms with E-state index in [0.29, 0.717) is 30.3 Å². The fourth-order valence-corrected chi connectivity index (χ4v) is 2.42. The molecule has 0 saturated heterocycles. The molecule has 1 amide bonds. The summed E-state index contributed by atoms with van der Waals surface area (Å²) in [6, 6.07) is 5.36. The van der Waals surface area contributed by atoms with Gasteiger partial charge in [0.25, 0.3) is 0 Å². The van der Waals surface area contributed by atoms with E-state index in [1.807, 2.05) is 12.1 Å². The molecule has 1 unspecified atom stereocenters. The number of carbonyl (C=O) groups excluding carboxylic acids is 1. The Labute approximate surface area is 132 Å². The van der Waals surface area contributed by atoms with Gasteiger partial charge in [-0.05, 0) is 43.5 Å². The Morgan fingerprint density at radius 3 is 2.71 bits per heavy atom. The van der Waals surface area contributed by atoms with Crippen LogP contribution >= 0.6 is 11.6 Å². The summed E-state index contributed by atoms with van der Waals surface area (Å²) in [7, 11) is 1.62. The van der Waals surface area contributed by atoms with E-state index in [9.17, 15) is 4.79 Å². The Hall–Kier alpha value is -1.26. The molecule has 1 aromatic carbocycles. The zero-order valence-corrected chi connectivity index (χ0v) is 13.7. The number of amides is 1. The minimum absolute atomic E-state index is 0.00753. The first-order chi connectivity index (χ1) is 9.97. The van der Waals surface area contributed by atoms with E-state index < -0.39 is 0 Å². The van der Waals surface area contributed by atoms with Crippen molar-refractivity contribution in [1.29, 1.82) is 0 Å². The Morgan fingerprint density at radius 2 is 2.14 bits per heavy atom. The molecule has 0 aliphatic heterocycles. The molecule has 21 heavy (non-hydrogen) atoms. The Morgan fingerprint density at radius 1 is 1.43 bits per heavy atom. The Bertz CT molecular complexity index is 464. The number of hydrogen-bond acceptors (Lipinski definition) is 3. The first-order valence-corrected chi connectivity index (χ1v) is 7.68. The van der Waals surface area contributed by atoms with Crippen LogP contribution in [-0.2, 0) is 4.79 Å². The highest BCUT2D eigenvalue weighted by Crippen LogP contribution is 2.32. The highest BCUT2D eigenvalue weighted by Gasteiger charge is 2.20. The van der Waals surface area contributed by atoms with Crippen molar-refractivity contribution in [2.24, 2.45) is 11.7 Å². The molecule has 5 heteroatoms. The number of hydrogen-bond donors (Lipinski definition) is 2. The maximum Gasteiger partial charge on any atom is 0.220 e. The maximum atomic E-state index is 12.0. The van der Waals surface area contributed by atoms with Crippen LogP contribution in [0.15, 0.2) is 18.2 Å². The second-order valence-electron chi connectivity index (χ2n) is 5.53. The van der Waals surface area contributed by atoms with Crippen molar-refractivity contribution in [3.8, 4) is 5.75 Å². The summed E-state index contributed by atoms with van der Waals surface area (Å²) >= 11 is 6.09. The summed E-state index contributed by atoms with van der Waals surface area (Å²) in [5.41, 5.74) is 6.36. The minimum atomic E-state index is -0.107. The monoisotopic (exact) mass is 312 g/mol. The third kappa shape index (κ3) is 5.94. The third-order valence-electron chi connectivity index (χ3n) is 3.22. The predicted octanol–water partition coefficient (Wildman–Crippen LogP) is 3.29. The maximum absolute atomic E-state index is 12.0. The molecule has 0 radical (unpaired) electrons. The van der Waals surface area contributed by atoms with Gasteiger partial charge < -0.3 is 15.8 Å². The van der Waals surface area contributed by atoms with Gasteiger partial charge in [-0.2, -0.15) is 0 Å². The third-order valence-corrected chi connectivity index (χ3v) is 3.45. The lowest BCUT2D eigenvalue weighted by molar-refractivity contribution is -0.122. The number of rotatable bonds is 8. The predicted molar refractivity (Wildman–Crippen MR) is 86.6 cm³/mol. The molecule has 0 saturated carbocycles. The lowest BCUT2D eigenvalue weighted by Crippen LogP contribution is -2.30. The molecule has 118 valence electrons. The SMILES string of the molecule is COc1ccc(Cl)cc1C(CC(C)C)NC(=O)CCCN. The molecular weight excluding hydrogens is 288 g/mol. The van der Waals surface area contributed by atoms with Crippen LogP contribution < -0.4 is 15.8 Å². The van der Waals surface area contributed by atoms with E-state index >= 15 is 0 Å². The molecule has 3 N–H and O–H groups in total. The first-order valence-electron chi connectivity index (χ1n) is 7.30. The molecule has 1 atom stereocenters. The highest BCUT2D eigenvalue weighted by molar-refractivity contribution is 6.30. The smallest absolute Gasteiger partial charge is 0.220 e. The largest absolute Gasteiger partial charge is 0.496 e. The van der Waals surface area contributed by atoms with Crippen LogP contribution in [0.5, 0.6) is 5.75 Å². The number of halogens is 1. The Balaban J connectivity index is 2.96. The first kappa shape index (κ1) is 17.8. The number of benzene rings is 1. The molecule has 0 spiro atoms. The number of nitrogens with two attached hydrogens (primary N) is 1. The lowest BCUT2D eigenvalue weighted by atomic mass is 9.96. The van der Waals surface area contributed by atoms with Gasteiger partial charge in [0, 0.05) is 17.0 Å². The fraction of sp³-hybridized carbons (Fsp3) is 0.562. The van der Waals surface area contributed by atoms with E-state index in [-0.39, 0.29) is 11.9 Å². The number of nitrogens with one attached hydrogen (secondary N) is 1. The van der Waals surface area contributed by atoms with Gasteiger partial charge in [0.1, 0.15) is 5.75 Å². The van der Waals surface area contributed by atoms with Crippen LogP contribution in [-0.4, -0.2) is 19.6 Å². The summed E-state index contributed by atoms with van der Waals surface area (Å²) in [5.74, 6) is 1.19. The highest BCUT2D eigenvalue weighted by atomic mass is 35.5. The fourth-order valence-electron chi connectivity index (χ4n) is 2.24. The van der Waals surface area contributed by atoms with Gasteiger partial charge in [0.15, 0.2) is 0 Å². The second-order valence-corrected chi connectivity index (χ2v) is 5.96. The standard InChI is InChI=1S/C16H25ClN2O2/c1-11(2)9-14(19-16(20)5-4-8-18)13-10-12(17)6-7-15(13)21-3/h6-7,10-11,14H,4-5,8-9,18H2,1-3H3,(H,19,20). The zero-order chi connectivity index (χ0) is 15.8. The van der Waals surface area contributed by atoms with E-state index in [1.54, 1.807) is 13.2 Å². The molecule has 1 aromatic rings. The average Bonchev–Trinajstić information content (AvgIpc) is 2.43. The molecule has 0 aliphatic carbocycles. The molecule has 4 nitrogen and oxygen atoms in total. The molecule has 0 fully saturated rings. The topological polar surface area (TPSA) is 64.3 Å². The van der Waals surface area contributed by atoms with Crippen molar-refractivity contribution in [2.75, 3.05) is 13.7 Å². The van der Waals surface area contributed by atoms with Gasteiger partial charge in [0.05, 0.1) is 13.2 Å². The van der Waals surface area contributed by atoms with E-state index in [1.165, 1.54) is 0 Å². The summed E-state index contributed by atoms with van der Waals surface area (Å²) in [6.07, 6.45) is 1.95. The zero-order valence-electron chi connectivity index (χ0n) is 13.0. The van der Waals surface area contributed by atoms with E-state index in [2.05, 4.69) is 19.2 Å². The van der Waals surface area contributed by atoms with Gasteiger partial charge in [-0.3, -0.25) is 4.79 Å². The summed E-state index contributed by atoms with van der Waals surface area (Å²) in [4.78, 5) is 12.0. The van der Waals surface area contributed by atoms with Gasteiger partial charge in [0.2, 0.25) is 5.91 Å². The van der Waals surface area contributed by atoms with Crippen molar-refractivity contribution in [2.45, 2.75) is 39.2 Å². The van der Waals surface area contributed by atoms with Crippen LogP contribution in [0.4, 0.5) is 0 Å². The van der Waals surface area contributed by atoms with Crippen LogP contribution in [0.1, 0.15) is 44.7 Å². The van der Waals surface area contributed by atoms with Crippen LogP contribution in [0.3, 0.4) is 0 Å². The summed E-state index contributed by atoms with van der Waals surface area (Å²) < 4.78 is 5.40. The van der Waals surface area contributed by atoms with Crippen LogP contribution in [0.2, 0.25) is 5.02 Å². The summed E-state index contributed by atoms with van der Waals surface area (Å²) in [5, 5.41) is 3.70. The summed E-state index contributed by atoms with van der Waals surface area (Å²) in [6.45, 7) is 4.76. The normalized spacial score (nSPS) is 12.3. The molecule has 0 aliphatic rings. The molecule has 1 rings (SSSR count). The molecule has 0 bridgehead atoms. The number of carbonyl (C=O) groups is 1. The van der Waals surface area contributed by atoms with Crippen molar-refractivity contribution in [1.82, 2.24) is 5.32 Å². The lowest BCUT2D eigenvalue weighted by Gasteiger charge is -2.23. The second kappa shape index (κ2) is 8.90. The Kier molecular flexibility index (Phi) is 7.54. The van der Waals surface area contributed by atoms with Gasteiger partial charge in [-0.25, -0.2) is 0 Å². The van der Waals surface area contributed by atoms with Crippen molar-refractivity contribution >= 4 is 17.5 Å².